The number of aromatic nitrogens is 2. The summed E-state index contributed by atoms with van der Waals surface area (Å²) in [4.78, 5) is 26.6. The first-order valence-electron chi connectivity index (χ1n) is 12.5. The van der Waals surface area contributed by atoms with Crippen LogP contribution in [0, 0.1) is 6.92 Å². The summed E-state index contributed by atoms with van der Waals surface area (Å²) >= 11 is 3.58. The molecule has 1 aromatic heterocycles. The molecular formula is C26H34BrN5O3. The summed E-state index contributed by atoms with van der Waals surface area (Å²) in [6, 6.07) is 7.16. The second-order valence-corrected chi connectivity index (χ2v) is 10.6. The molecule has 3 aliphatic heterocycles. The molecule has 0 radical (unpaired) electrons. The molecule has 188 valence electrons. The Bertz CT molecular complexity index is 1060. The second kappa shape index (κ2) is 10.9. The number of carbonyl (C=O) groups is 1. The molecule has 4 heterocycles. The molecule has 1 amide bonds. The third-order valence-corrected chi connectivity index (χ3v) is 8.07. The largest absolute Gasteiger partial charge is 0.379 e. The molecule has 3 aliphatic rings. The number of nitrogens with one attached hydrogen (secondary N) is 1. The monoisotopic (exact) mass is 543 g/mol. The standard InChI is InChI=1S/C26H34BrN5O3/c1-17-24(28-16-29-25(17)32-9-5-18-3-4-20(27)13-19(18)14-32)26(33)31-10-6-21(7-11-31)30-22-8-12-35-15-23(22)34-2/h3-4,13,16,21-23,30H,5-12,14-15H2,1-2H3/t22-,23+/m1/s1. The van der Waals surface area contributed by atoms with Gasteiger partial charge in [-0.2, -0.15) is 0 Å². The number of piperidine rings is 1. The smallest absolute Gasteiger partial charge is 0.272 e. The third-order valence-electron chi connectivity index (χ3n) is 7.58. The van der Waals surface area contributed by atoms with E-state index in [1.54, 1.807) is 7.11 Å². The van der Waals surface area contributed by atoms with Crippen molar-refractivity contribution in [2.75, 3.05) is 44.9 Å². The molecule has 35 heavy (non-hydrogen) atoms. The number of nitrogens with zero attached hydrogens (tertiary/aromatic N) is 4. The molecule has 5 rings (SSSR count). The molecule has 2 saturated heterocycles. The van der Waals surface area contributed by atoms with E-state index in [2.05, 4.69) is 54.3 Å². The second-order valence-electron chi connectivity index (χ2n) is 9.73. The van der Waals surface area contributed by atoms with Crippen molar-refractivity contribution in [1.82, 2.24) is 20.2 Å². The van der Waals surface area contributed by atoms with Crippen molar-refractivity contribution in [3.8, 4) is 0 Å². The molecule has 1 N–H and O–H groups in total. The Morgan fingerprint density at radius 3 is 2.80 bits per heavy atom. The highest BCUT2D eigenvalue weighted by Crippen LogP contribution is 2.29. The van der Waals surface area contributed by atoms with E-state index in [0.29, 0.717) is 24.4 Å². The first-order valence-corrected chi connectivity index (χ1v) is 13.3. The summed E-state index contributed by atoms with van der Waals surface area (Å²) in [7, 11) is 1.75. The molecule has 0 unspecified atom stereocenters. The number of anilines is 1. The molecule has 8 nitrogen and oxygen atoms in total. The number of carbonyl (C=O) groups excluding carboxylic acids is 1. The van der Waals surface area contributed by atoms with E-state index in [0.717, 1.165) is 74.3 Å². The first kappa shape index (κ1) is 24.6. The highest BCUT2D eigenvalue weighted by atomic mass is 79.9. The summed E-state index contributed by atoms with van der Waals surface area (Å²) in [5, 5.41) is 3.76. The fourth-order valence-corrected chi connectivity index (χ4v) is 5.93. The van der Waals surface area contributed by atoms with Gasteiger partial charge < -0.3 is 24.6 Å². The van der Waals surface area contributed by atoms with Crippen LogP contribution in [-0.4, -0.2) is 78.9 Å². The van der Waals surface area contributed by atoms with Crippen LogP contribution in [0.1, 0.15) is 46.4 Å². The van der Waals surface area contributed by atoms with Crippen LogP contribution in [0.15, 0.2) is 29.0 Å². The Labute approximate surface area is 215 Å². The van der Waals surface area contributed by atoms with E-state index in [4.69, 9.17) is 9.47 Å². The quantitative estimate of drug-likeness (QED) is 0.620. The minimum absolute atomic E-state index is 0.00517. The fraction of sp³-hybridized carbons (Fsp3) is 0.577. The van der Waals surface area contributed by atoms with E-state index in [-0.39, 0.29) is 12.0 Å². The van der Waals surface area contributed by atoms with E-state index < -0.39 is 0 Å². The van der Waals surface area contributed by atoms with E-state index in [1.807, 2.05) is 11.8 Å². The Balaban J connectivity index is 1.23. The molecule has 0 spiro atoms. The van der Waals surface area contributed by atoms with Gasteiger partial charge in [-0.25, -0.2) is 9.97 Å². The number of methoxy groups -OCH3 is 1. The van der Waals surface area contributed by atoms with E-state index in [9.17, 15) is 4.79 Å². The van der Waals surface area contributed by atoms with Crippen molar-refractivity contribution in [1.29, 1.82) is 0 Å². The summed E-state index contributed by atoms with van der Waals surface area (Å²) in [5.41, 5.74) is 4.06. The number of hydrogen-bond donors (Lipinski definition) is 1. The van der Waals surface area contributed by atoms with Crippen LogP contribution in [-0.2, 0) is 22.4 Å². The average Bonchev–Trinajstić information content (AvgIpc) is 2.89. The van der Waals surface area contributed by atoms with Crippen molar-refractivity contribution in [3.05, 3.63) is 51.4 Å². The van der Waals surface area contributed by atoms with Gasteiger partial charge in [0, 0.05) is 62.0 Å². The summed E-state index contributed by atoms with van der Waals surface area (Å²) in [6.07, 6.45) is 5.40. The third kappa shape index (κ3) is 5.38. The predicted molar refractivity (Wildman–Crippen MR) is 138 cm³/mol. The maximum atomic E-state index is 13.4. The molecule has 0 bridgehead atoms. The van der Waals surface area contributed by atoms with Gasteiger partial charge in [0.15, 0.2) is 0 Å². The summed E-state index contributed by atoms with van der Waals surface area (Å²) < 4.78 is 12.2. The van der Waals surface area contributed by atoms with Gasteiger partial charge in [0.2, 0.25) is 0 Å². The predicted octanol–water partition coefficient (Wildman–Crippen LogP) is 3.11. The fourth-order valence-electron chi connectivity index (χ4n) is 5.52. The number of amides is 1. The molecule has 9 heteroatoms. The van der Waals surface area contributed by atoms with Crippen LogP contribution in [0.2, 0.25) is 0 Å². The van der Waals surface area contributed by atoms with Gasteiger partial charge in [-0.05, 0) is 55.9 Å². The van der Waals surface area contributed by atoms with Gasteiger partial charge >= 0.3 is 0 Å². The number of benzene rings is 1. The zero-order valence-corrected chi connectivity index (χ0v) is 22.1. The Kier molecular flexibility index (Phi) is 7.67. The van der Waals surface area contributed by atoms with Crippen LogP contribution >= 0.6 is 15.9 Å². The highest BCUT2D eigenvalue weighted by Gasteiger charge is 2.31. The molecule has 0 aliphatic carbocycles. The molecule has 2 aromatic rings. The highest BCUT2D eigenvalue weighted by molar-refractivity contribution is 9.10. The van der Waals surface area contributed by atoms with E-state index >= 15 is 0 Å². The molecule has 2 atom stereocenters. The topological polar surface area (TPSA) is 79.8 Å². The molecule has 1 aromatic carbocycles. The lowest BCUT2D eigenvalue weighted by Crippen LogP contribution is -2.54. The number of hydrogen-bond acceptors (Lipinski definition) is 7. The van der Waals surface area contributed by atoms with Crippen LogP contribution in [0.4, 0.5) is 5.82 Å². The molecule has 2 fully saturated rings. The van der Waals surface area contributed by atoms with Gasteiger partial charge in [-0.3, -0.25) is 4.79 Å². The maximum absolute atomic E-state index is 13.4. The average molecular weight is 544 g/mol. The lowest BCUT2D eigenvalue weighted by molar-refractivity contribution is -0.0533. The Hall–Kier alpha value is -2.07. The summed E-state index contributed by atoms with van der Waals surface area (Å²) in [6.45, 7) is 6.49. The number of fused-ring (bicyclic) bond motifs is 1. The lowest BCUT2D eigenvalue weighted by atomic mass is 9.99. The summed E-state index contributed by atoms with van der Waals surface area (Å²) in [5.74, 6) is 0.862. The molecular weight excluding hydrogens is 510 g/mol. The van der Waals surface area contributed by atoms with Crippen LogP contribution in [0.25, 0.3) is 0 Å². The van der Waals surface area contributed by atoms with Crippen LogP contribution in [0.3, 0.4) is 0 Å². The van der Waals surface area contributed by atoms with Crippen molar-refractivity contribution in [2.24, 2.45) is 0 Å². The maximum Gasteiger partial charge on any atom is 0.272 e. The van der Waals surface area contributed by atoms with Gasteiger partial charge in [-0.1, -0.05) is 22.0 Å². The number of ether oxygens (including phenoxy) is 2. The van der Waals surface area contributed by atoms with Gasteiger partial charge in [0.25, 0.3) is 5.91 Å². The normalized spacial score (nSPS) is 23.3. The van der Waals surface area contributed by atoms with Crippen molar-refractivity contribution >= 4 is 27.7 Å². The zero-order chi connectivity index (χ0) is 24.4. The minimum atomic E-state index is 0.00517. The van der Waals surface area contributed by atoms with Gasteiger partial charge in [0.1, 0.15) is 17.8 Å². The van der Waals surface area contributed by atoms with Crippen molar-refractivity contribution < 1.29 is 14.3 Å². The van der Waals surface area contributed by atoms with Gasteiger partial charge in [-0.15, -0.1) is 0 Å². The first-order chi connectivity index (χ1) is 17.0. The van der Waals surface area contributed by atoms with Crippen LogP contribution < -0.4 is 10.2 Å². The minimum Gasteiger partial charge on any atom is -0.379 e. The SMILES string of the molecule is CO[C@H]1COCC[C@H]1NC1CCN(C(=O)c2ncnc(N3CCc4ccc(Br)cc4C3)c2C)CC1. The van der Waals surface area contributed by atoms with E-state index in [1.165, 1.54) is 17.5 Å². The number of likely N-dealkylation sites (tertiary alicyclic amines) is 1. The van der Waals surface area contributed by atoms with Crippen molar-refractivity contribution in [2.45, 2.75) is 57.3 Å². The lowest BCUT2D eigenvalue weighted by Gasteiger charge is -2.38. The van der Waals surface area contributed by atoms with Crippen molar-refractivity contribution in [3.63, 3.8) is 0 Å². The van der Waals surface area contributed by atoms with Crippen LogP contribution in [0.5, 0.6) is 0 Å². The number of rotatable bonds is 5. The number of halogens is 1. The Morgan fingerprint density at radius 2 is 2.00 bits per heavy atom. The Morgan fingerprint density at radius 1 is 1.17 bits per heavy atom. The van der Waals surface area contributed by atoms with Gasteiger partial charge in [0.05, 0.1) is 12.7 Å². The zero-order valence-electron chi connectivity index (χ0n) is 20.5. The molecule has 0 saturated carbocycles.